The molecule has 9 heteroatoms. The highest BCUT2D eigenvalue weighted by atomic mass is 32.2. The highest BCUT2D eigenvalue weighted by Crippen LogP contribution is 2.49. The van der Waals surface area contributed by atoms with E-state index in [0.29, 0.717) is 17.1 Å². The van der Waals surface area contributed by atoms with E-state index in [1.165, 1.54) is 11.3 Å². The molecule has 1 aromatic carbocycles. The lowest BCUT2D eigenvalue weighted by Gasteiger charge is -2.38. The van der Waals surface area contributed by atoms with Gasteiger partial charge in [0, 0.05) is 35.3 Å². The summed E-state index contributed by atoms with van der Waals surface area (Å²) in [5, 5.41) is 6.65. The number of hydrogen-bond donors (Lipinski definition) is 0. The number of ketones is 1. The van der Waals surface area contributed by atoms with Crippen LogP contribution >= 0.6 is 23.1 Å². The smallest absolute Gasteiger partial charge is 0.256 e. The minimum absolute atomic E-state index is 0.0730. The Hall–Kier alpha value is -2.65. The Morgan fingerprint density at radius 2 is 2.06 bits per heavy atom. The fraction of sp³-hybridized carbons (Fsp3) is 0.417. The summed E-state index contributed by atoms with van der Waals surface area (Å²) in [7, 11) is 1.61. The average Bonchev–Trinajstić information content (AvgIpc) is 3.53. The van der Waals surface area contributed by atoms with Crippen LogP contribution in [0.15, 0.2) is 48.2 Å². The fourth-order valence-electron chi connectivity index (χ4n) is 4.17. The third-order valence-corrected chi connectivity index (χ3v) is 8.32. The van der Waals surface area contributed by atoms with E-state index in [4.69, 9.17) is 4.74 Å². The van der Waals surface area contributed by atoms with E-state index in [0.717, 1.165) is 10.6 Å². The van der Waals surface area contributed by atoms with Crippen molar-refractivity contribution in [2.24, 2.45) is 0 Å². The first-order chi connectivity index (χ1) is 15.7. The Balaban J connectivity index is 1.82. The Kier molecular flexibility index (Phi) is 6.37. The van der Waals surface area contributed by atoms with Crippen LogP contribution < -0.4 is 4.74 Å². The number of Topliss-reactive ketones (excluding diaryl/α,β-unsaturated/α-hetero) is 1. The van der Waals surface area contributed by atoms with Crippen LogP contribution in [0.25, 0.3) is 0 Å². The van der Waals surface area contributed by atoms with Crippen LogP contribution in [0.2, 0.25) is 0 Å². The van der Waals surface area contributed by atoms with Crippen molar-refractivity contribution >= 4 is 34.8 Å². The summed E-state index contributed by atoms with van der Waals surface area (Å²) >= 11 is 3.05. The average molecular weight is 485 g/mol. The molecule has 2 aromatic heterocycles. The van der Waals surface area contributed by atoms with E-state index in [1.807, 2.05) is 29.8 Å². The van der Waals surface area contributed by atoms with Crippen LogP contribution in [0, 0.1) is 0 Å². The Morgan fingerprint density at radius 3 is 2.64 bits per heavy atom. The molecule has 1 amide bonds. The number of hydrogen-bond acceptors (Lipinski definition) is 7. The quantitative estimate of drug-likeness (QED) is 0.510. The van der Waals surface area contributed by atoms with Crippen LogP contribution in [-0.2, 0) is 16.8 Å². The maximum absolute atomic E-state index is 14.1. The molecule has 3 heterocycles. The van der Waals surface area contributed by atoms with Crippen molar-refractivity contribution < 1.29 is 14.3 Å². The Morgan fingerprint density at radius 1 is 1.27 bits per heavy atom. The zero-order valence-electron chi connectivity index (χ0n) is 19.4. The van der Waals surface area contributed by atoms with E-state index in [-0.39, 0.29) is 29.0 Å². The van der Waals surface area contributed by atoms with Gasteiger partial charge in [0.1, 0.15) is 21.7 Å². The first-order valence-electron chi connectivity index (χ1n) is 10.7. The SMILES string of the molecule is COc1cc(C(=O)N2C(c3nccs3)SCC2(Cn2cccn2)C(C)=O)ccc1C(C)(C)C. The van der Waals surface area contributed by atoms with Crippen LogP contribution in [0.4, 0.5) is 0 Å². The second-order valence-electron chi connectivity index (χ2n) is 9.17. The van der Waals surface area contributed by atoms with Crippen LogP contribution in [0.3, 0.4) is 0 Å². The molecule has 2 unspecified atom stereocenters. The van der Waals surface area contributed by atoms with Gasteiger partial charge in [0.25, 0.3) is 5.91 Å². The Bertz CT molecular complexity index is 1140. The number of aromatic nitrogens is 3. The molecular formula is C24H28N4O3S2. The summed E-state index contributed by atoms with van der Waals surface area (Å²) in [4.78, 5) is 33.4. The number of rotatable bonds is 6. The molecule has 0 bridgehead atoms. The zero-order chi connectivity index (χ0) is 23.8. The van der Waals surface area contributed by atoms with E-state index in [1.54, 1.807) is 53.8 Å². The van der Waals surface area contributed by atoms with Crippen molar-refractivity contribution in [3.63, 3.8) is 0 Å². The van der Waals surface area contributed by atoms with E-state index in [9.17, 15) is 9.59 Å². The molecule has 2 atom stereocenters. The number of benzene rings is 1. The van der Waals surface area contributed by atoms with Crippen molar-refractivity contribution in [1.29, 1.82) is 0 Å². The number of carbonyl (C=O) groups excluding carboxylic acids is 2. The van der Waals surface area contributed by atoms with Crippen molar-refractivity contribution in [2.75, 3.05) is 12.9 Å². The molecule has 174 valence electrons. The summed E-state index contributed by atoms with van der Waals surface area (Å²) in [5.41, 5.74) is 0.321. The highest BCUT2D eigenvalue weighted by Gasteiger charge is 2.54. The van der Waals surface area contributed by atoms with Gasteiger partial charge in [-0.25, -0.2) is 4.98 Å². The number of carbonyl (C=O) groups is 2. The Labute approximate surface area is 202 Å². The second-order valence-corrected chi connectivity index (χ2v) is 11.2. The molecule has 0 radical (unpaired) electrons. The van der Waals surface area contributed by atoms with Gasteiger partial charge in [-0.2, -0.15) is 5.10 Å². The molecule has 0 aliphatic carbocycles. The molecule has 0 saturated carbocycles. The van der Waals surface area contributed by atoms with E-state index >= 15 is 0 Å². The summed E-state index contributed by atoms with van der Waals surface area (Å²) in [6.45, 7) is 8.15. The number of thioether (sulfide) groups is 1. The van der Waals surface area contributed by atoms with Gasteiger partial charge < -0.3 is 9.64 Å². The molecule has 0 N–H and O–H groups in total. The van der Waals surface area contributed by atoms with Crippen molar-refractivity contribution in [3.05, 3.63) is 64.4 Å². The predicted molar refractivity (Wildman–Crippen MR) is 131 cm³/mol. The van der Waals surface area contributed by atoms with Gasteiger partial charge in [-0.3, -0.25) is 14.3 Å². The number of nitrogens with zero attached hydrogens (tertiary/aromatic N) is 4. The van der Waals surface area contributed by atoms with Crippen LogP contribution in [0.5, 0.6) is 5.75 Å². The van der Waals surface area contributed by atoms with Crippen molar-refractivity contribution in [2.45, 2.75) is 50.6 Å². The third-order valence-electron chi connectivity index (χ3n) is 5.95. The van der Waals surface area contributed by atoms with Gasteiger partial charge in [0.05, 0.1) is 13.7 Å². The number of ether oxygens (including phenoxy) is 1. The molecule has 1 aliphatic rings. The summed E-state index contributed by atoms with van der Waals surface area (Å²) in [5.74, 6) is 0.832. The molecule has 33 heavy (non-hydrogen) atoms. The maximum atomic E-state index is 14.1. The lowest BCUT2D eigenvalue weighted by Crippen LogP contribution is -2.57. The predicted octanol–water partition coefficient (Wildman–Crippen LogP) is 4.56. The van der Waals surface area contributed by atoms with Gasteiger partial charge in [-0.1, -0.05) is 26.8 Å². The van der Waals surface area contributed by atoms with E-state index in [2.05, 4.69) is 30.9 Å². The zero-order valence-corrected chi connectivity index (χ0v) is 21.1. The van der Waals surface area contributed by atoms with Crippen molar-refractivity contribution in [1.82, 2.24) is 19.7 Å². The summed E-state index contributed by atoms with van der Waals surface area (Å²) in [6.07, 6.45) is 5.22. The standard InChI is InChI=1S/C24H28N4O3S2/c1-16(29)24(14-27-11-6-9-26-27)15-33-22(20-25-10-12-32-20)28(24)21(30)17-7-8-18(23(2,3)4)19(13-17)31-5/h6-13,22H,14-15H2,1-5H3. The molecule has 1 aliphatic heterocycles. The van der Waals surface area contributed by atoms with Gasteiger partial charge in [-0.05, 0) is 36.1 Å². The lowest BCUT2D eigenvalue weighted by molar-refractivity contribution is -0.127. The third kappa shape index (κ3) is 4.31. The van der Waals surface area contributed by atoms with Gasteiger partial charge in [0.2, 0.25) is 0 Å². The second kappa shape index (κ2) is 8.95. The normalized spacial score (nSPS) is 20.8. The molecule has 1 fully saturated rings. The van der Waals surface area contributed by atoms with Crippen molar-refractivity contribution in [3.8, 4) is 5.75 Å². The minimum atomic E-state index is -1.04. The maximum Gasteiger partial charge on any atom is 0.256 e. The van der Waals surface area contributed by atoms with Gasteiger partial charge in [-0.15, -0.1) is 23.1 Å². The first-order valence-corrected chi connectivity index (χ1v) is 12.6. The summed E-state index contributed by atoms with van der Waals surface area (Å²) in [6, 6.07) is 7.36. The highest BCUT2D eigenvalue weighted by molar-refractivity contribution is 8.00. The molecule has 4 rings (SSSR count). The molecule has 3 aromatic rings. The molecule has 7 nitrogen and oxygen atoms in total. The molecule has 1 saturated heterocycles. The van der Waals surface area contributed by atoms with E-state index < -0.39 is 5.54 Å². The minimum Gasteiger partial charge on any atom is -0.496 e. The largest absolute Gasteiger partial charge is 0.496 e. The first kappa shape index (κ1) is 23.5. The van der Waals surface area contributed by atoms with Crippen LogP contribution in [-0.4, -0.2) is 49.8 Å². The van der Waals surface area contributed by atoms with Gasteiger partial charge >= 0.3 is 0 Å². The fourth-order valence-corrected chi connectivity index (χ4v) is 6.67. The monoisotopic (exact) mass is 484 g/mol. The molecule has 0 spiro atoms. The van der Waals surface area contributed by atoms with Crippen LogP contribution in [0.1, 0.15) is 54.0 Å². The van der Waals surface area contributed by atoms with Gasteiger partial charge in [0.15, 0.2) is 5.78 Å². The molecular weight excluding hydrogens is 456 g/mol. The topological polar surface area (TPSA) is 77.3 Å². The number of amides is 1. The number of methoxy groups -OCH3 is 1. The summed E-state index contributed by atoms with van der Waals surface area (Å²) < 4.78 is 7.36. The lowest BCUT2D eigenvalue weighted by atomic mass is 9.85. The number of thiazole rings is 1.